The van der Waals surface area contributed by atoms with Gasteiger partial charge in [-0.1, -0.05) is 43.3 Å². The van der Waals surface area contributed by atoms with Crippen molar-refractivity contribution in [2.24, 2.45) is 0 Å². The van der Waals surface area contributed by atoms with Crippen molar-refractivity contribution in [1.82, 2.24) is 20.4 Å². The lowest BCUT2D eigenvalue weighted by molar-refractivity contribution is -0.132. The van der Waals surface area contributed by atoms with E-state index in [-0.39, 0.29) is 12.4 Å². The molecule has 3 aromatic rings. The summed E-state index contributed by atoms with van der Waals surface area (Å²) >= 11 is 0. The average molecular weight is 380 g/mol. The van der Waals surface area contributed by atoms with Crippen LogP contribution in [0.2, 0.25) is 0 Å². The number of carbonyl (C=O) groups excluding carboxylic acids is 2. The second kappa shape index (κ2) is 6.63. The molecule has 1 unspecified atom stereocenters. The maximum atomic E-state index is 12.8. The van der Waals surface area contributed by atoms with Crippen LogP contribution in [0.25, 0.3) is 11.4 Å². The molecule has 3 heterocycles. The summed E-state index contributed by atoms with van der Waals surface area (Å²) in [5.41, 5.74) is 0.761. The first-order chi connectivity index (χ1) is 13.4. The van der Waals surface area contributed by atoms with Crippen molar-refractivity contribution in [3.8, 4) is 11.4 Å². The summed E-state index contributed by atoms with van der Waals surface area (Å²) in [6, 6.07) is 10.7. The second-order valence-corrected chi connectivity index (χ2v) is 7.21. The number of hydrogen-bond acceptors (Lipinski definition) is 6. The molecule has 1 N–H and O–H groups in total. The minimum Gasteiger partial charge on any atom is -0.466 e. The third kappa shape index (κ3) is 2.96. The molecule has 3 amide bonds. The fourth-order valence-corrected chi connectivity index (χ4v) is 3.16. The molecule has 1 fully saturated rings. The molecule has 1 aliphatic rings. The smallest absolute Gasteiger partial charge is 0.325 e. The van der Waals surface area contributed by atoms with Gasteiger partial charge in [-0.2, -0.15) is 4.98 Å². The molecule has 1 aliphatic heterocycles. The molecule has 2 aromatic heterocycles. The Kier molecular flexibility index (Phi) is 4.26. The van der Waals surface area contributed by atoms with Crippen LogP contribution >= 0.6 is 0 Å². The van der Waals surface area contributed by atoms with Crippen molar-refractivity contribution in [3.63, 3.8) is 0 Å². The van der Waals surface area contributed by atoms with Gasteiger partial charge in [-0.3, -0.25) is 9.69 Å². The van der Waals surface area contributed by atoms with Gasteiger partial charge in [0.15, 0.2) is 5.54 Å². The van der Waals surface area contributed by atoms with Gasteiger partial charge in [0.2, 0.25) is 11.7 Å². The summed E-state index contributed by atoms with van der Waals surface area (Å²) < 4.78 is 10.6. The van der Waals surface area contributed by atoms with Gasteiger partial charge in [0.25, 0.3) is 5.91 Å². The van der Waals surface area contributed by atoms with Crippen molar-refractivity contribution in [1.29, 1.82) is 0 Å². The topological polar surface area (TPSA) is 101 Å². The van der Waals surface area contributed by atoms with E-state index in [1.54, 1.807) is 19.1 Å². The highest BCUT2D eigenvalue weighted by Gasteiger charge is 2.51. The van der Waals surface area contributed by atoms with E-state index in [9.17, 15) is 9.59 Å². The minimum atomic E-state index is -1.25. The number of nitrogens with one attached hydrogen (secondary N) is 1. The van der Waals surface area contributed by atoms with E-state index in [1.807, 2.05) is 24.3 Å². The van der Waals surface area contributed by atoms with Crippen LogP contribution in [0.1, 0.15) is 43.9 Å². The van der Waals surface area contributed by atoms with Crippen LogP contribution in [-0.2, 0) is 16.9 Å². The molecule has 8 heteroatoms. The van der Waals surface area contributed by atoms with Crippen LogP contribution in [-0.4, -0.2) is 27.0 Å². The first-order valence-electron chi connectivity index (χ1n) is 8.99. The first-order valence-corrected chi connectivity index (χ1v) is 8.99. The minimum absolute atomic E-state index is 0.113. The largest absolute Gasteiger partial charge is 0.466 e. The van der Waals surface area contributed by atoms with E-state index in [0.717, 1.165) is 10.5 Å². The Balaban J connectivity index is 1.52. The Morgan fingerprint density at radius 2 is 1.93 bits per heavy atom. The third-order valence-corrected chi connectivity index (χ3v) is 4.89. The number of imide groups is 1. The van der Waals surface area contributed by atoms with Gasteiger partial charge >= 0.3 is 6.03 Å². The van der Waals surface area contributed by atoms with E-state index >= 15 is 0 Å². The van der Waals surface area contributed by atoms with Crippen molar-refractivity contribution in [2.45, 2.75) is 38.8 Å². The molecule has 0 spiro atoms. The highest BCUT2D eigenvalue weighted by atomic mass is 16.5. The van der Waals surface area contributed by atoms with Gasteiger partial charge in [-0.25, -0.2) is 4.79 Å². The number of hydrogen-bond donors (Lipinski definition) is 1. The van der Waals surface area contributed by atoms with Crippen molar-refractivity contribution >= 4 is 11.9 Å². The van der Waals surface area contributed by atoms with Crippen LogP contribution in [0.15, 0.2) is 51.6 Å². The zero-order chi connectivity index (χ0) is 19.9. The SMILES string of the molecule is CC(C)c1ccc(-c2noc(CN3C(=O)NC(C)(c4ccco4)C3=O)n2)cc1. The zero-order valence-electron chi connectivity index (χ0n) is 15.8. The van der Waals surface area contributed by atoms with Crippen LogP contribution < -0.4 is 5.32 Å². The second-order valence-electron chi connectivity index (χ2n) is 7.21. The predicted octanol–water partition coefficient (Wildman–Crippen LogP) is 3.42. The maximum absolute atomic E-state index is 12.8. The molecule has 1 atom stereocenters. The Labute approximate surface area is 161 Å². The molecular formula is C20H20N4O4. The quantitative estimate of drug-likeness (QED) is 0.681. The lowest BCUT2D eigenvalue weighted by Gasteiger charge is -2.18. The number of nitrogens with zero attached hydrogens (tertiary/aromatic N) is 3. The molecule has 0 saturated carbocycles. The predicted molar refractivity (Wildman–Crippen MR) is 99.0 cm³/mol. The van der Waals surface area contributed by atoms with Crippen LogP contribution in [0, 0.1) is 0 Å². The van der Waals surface area contributed by atoms with Crippen molar-refractivity contribution in [2.75, 3.05) is 0 Å². The number of carbonyl (C=O) groups is 2. The third-order valence-electron chi connectivity index (χ3n) is 4.89. The number of urea groups is 1. The average Bonchev–Trinajstić information content (AvgIpc) is 3.41. The summed E-state index contributed by atoms with van der Waals surface area (Å²) in [5.74, 6) is 0.942. The Hall–Kier alpha value is -3.42. The summed E-state index contributed by atoms with van der Waals surface area (Å²) in [4.78, 5) is 30.5. The van der Waals surface area contributed by atoms with Gasteiger partial charge in [0, 0.05) is 5.56 Å². The van der Waals surface area contributed by atoms with Crippen LogP contribution in [0.3, 0.4) is 0 Å². The monoisotopic (exact) mass is 380 g/mol. The number of amides is 3. The van der Waals surface area contributed by atoms with E-state index in [0.29, 0.717) is 17.5 Å². The summed E-state index contributed by atoms with van der Waals surface area (Å²) in [6.07, 6.45) is 1.46. The van der Waals surface area contributed by atoms with Gasteiger partial charge < -0.3 is 14.3 Å². The standard InChI is InChI=1S/C20H20N4O4/c1-12(2)13-6-8-14(9-7-13)17-21-16(28-23-17)11-24-18(25)20(3,22-19(24)26)15-5-4-10-27-15/h4-10,12H,11H2,1-3H3,(H,22,26). The molecule has 8 nitrogen and oxygen atoms in total. The van der Waals surface area contributed by atoms with Gasteiger partial charge in [-0.05, 0) is 30.5 Å². The number of aromatic nitrogens is 2. The normalized spacial score (nSPS) is 19.5. The van der Waals surface area contributed by atoms with Crippen molar-refractivity contribution < 1.29 is 18.5 Å². The first kappa shape index (κ1) is 18.0. The van der Waals surface area contributed by atoms with E-state index in [4.69, 9.17) is 8.94 Å². The number of benzene rings is 1. The summed E-state index contributed by atoms with van der Waals surface area (Å²) in [7, 11) is 0. The number of furan rings is 1. The fourth-order valence-electron chi connectivity index (χ4n) is 3.16. The number of rotatable bonds is 5. The van der Waals surface area contributed by atoms with Crippen LogP contribution in [0.4, 0.5) is 4.79 Å². The van der Waals surface area contributed by atoms with E-state index in [2.05, 4.69) is 29.3 Å². The van der Waals surface area contributed by atoms with E-state index < -0.39 is 17.5 Å². The van der Waals surface area contributed by atoms with Crippen LogP contribution in [0.5, 0.6) is 0 Å². The molecule has 28 heavy (non-hydrogen) atoms. The maximum Gasteiger partial charge on any atom is 0.325 e. The summed E-state index contributed by atoms with van der Waals surface area (Å²) in [6.45, 7) is 5.73. The van der Waals surface area contributed by atoms with Gasteiger partial charge in [0.05, 0.1) is 6.26 Å². The molecule has 0 radical (unpaired) electrons. The zero-order valence-corrected chi connectivity index (χ0v) is 15.8. The highest BCUT2D eigenvalue weighted by molar-refractivity contribution is 6.06. The molecule has 1 aromatic carbocycles. The lowest BCUT2D eigenvalue weighted by atomic mass is 9.99. The fraction of sp³-hybridized carbons (Fsp3) is 0.300. The molecule has 0 aliphatic carbocycles. The molecule has 0 bridgehead atoms. The Bertz CT molecular complexity index is 1010. The summed E-state index contributed by atoms with van der Waals surface area (Å²) in [5, 5.41) is 6.63. The van der Waals surface area contributed by atoms with Gasteiger partial charge in [0.1, 0.15) is 12.3 Å². The van der Waals surface area contributed by atoms with E-state index in [1.165, 1.54) is 11.8 Å². The molecular weight excluding hydrogens is 360 g/mol. The van der Waals surface area contributed by atoms with Gasteiger partial charge in [-0.15, -0.1) is 0 Å². The Morgan fingerprint density at radius 3 is 2.57 bits per heavy atom. The molecule has 1 saturated heterocycles. The Morgan fingerprint density at radius 1 is 1.18 bits per heavy atom. The van der Waals surface area contributed by atoms with Crippen molar-refractivity contribution in [3.05, 3.63) is 59.9 Å². The lowest BCUT2D eigenvalue weighted by Crippen LogP contribution is -2.40. The molecule has 4 rings (SSSR count). The highest BCUT2D eigenvalue weighted by Crippen LogP contribution is 2.30. The molecule has 144 valence electrons.